The van der Waals surface area contributed by atoms with Crippen LogP contribution in [0, 0.1) is 0 Å². The van der Waals surface area contributed by atoms with Crippen LogP contribution in [-0.4, -0.2) is 36.2 Å². The van der Waals surface area contributed by atoms with Gasteiger partial charge < -0.3 is 10.1 Å². The van der Waals surface area contributed by atoms with E-state index in [1.807, 2.05) is 17.5 Å². The zero-order valence-corrected chi connectivity index (χ0v) is 9.73. The summed E-state index contributed by atoms with van der Waals surface area (Å²) < 4.78 is 0. The molecule has 0 aromatic carbocycles. The third kappa shape index (κ3) is 1.68. The molecule has 90 valence electrons. The van der Waals surface area contributed by atoms with E-state index in [4.69, 9.17) is 5.11 Å². The maximum absolute atomic E-state index is 11.0. The molecule has 0 aliphatic carbocycles. The number of aromatic carboxylic acids is 1. The number of nitrogens with one attached hydrogen (secondary N) is 2. The number of hydrogen-bond donors (Lipinski definition) is 3. The fraction of sp³-hybridized carbons (Fsp3) is 0. The number of imidazole rings is 1. The first-order chi connectivity index (χ1) is 8.75. The van der Waals surface area contributed by atoms with Crippen molar-refractivity contribution in [2.75, 3.05) is 0 Å². The molecule has 0 fully saturated rings. The Morgan fingerprint density at radius 3 is 3.06 bits per heavy atom. The van der Waals surface area contributed by atoms with E-state index in [0.29, 0.717) is 5.82 Å². The fourth-order valence-electron chi connectivity index (χ4n) is 1.52. The minimum absolute atomic E-state index is 0.0215. The van der Waals surface area contributed by atoms with Gasteiger partial charge in [-0.05, 0) is 11.4 Å². The lowest BCUT2D eigenvalue weighted by Crippen LogP contribution is -1.99. The van der Waals surface area contributed by atoms with Gasteiger partial charge in [-0.3, -0.25) is 5.10 Å². The molecule has 0 saturated carbocycles. The van der Waals surface area contributed by atoms with Crippen molar-refractivity contribution in [3.05, 3.63) is 29.5 Å². The monoisotopic (exact) mass is 261 g/mol. The molecule has 0 unspecified atom stereocenters. The van der Waals surface area contributed by atoms with E-state index in [-0.39, 0.29) is 17.2 Å². The lowest BCUT2D eigenvalue weighted by atomic mass is 10.3. The summed E-state index contributed by atoms with van der Waals surface area (Å²) in [5.74, 6) is -0.235. The van der Waals surface area contributed by atoms with E-state index in [1.54, 1.807) is 0 Å². The second-order valence-corrected chi connectivity index (χ2v) is 4.36. The molecule has 0 aliphatic heterocycles. The smallest absolute Gasteiger partial charge is 0.354 e. The Morgan fingerprint density at radius 2 is 2.33 bits per heavy atom. The number of rotatable bonds is 3. The summed E-state index contributed by atoms with van der Waals surface area (Å²) in [5, 5.41) is 17.6. The van der Waals surface area contributed by atoms with Crippen molar-refractivity contribution in [2.24, 2.45) is 0 Å². The van der Waals surface area contributed by atoms with Crippen molar-refractivity contribution < 1.29 is 9.90 Å². The van der Waals surface area contributed by atoms with Gasteiger partial charge >= 0.3 is 5.97 Å². The number of aromatic nitrogens is 5. The summed E-state index contributed by atoms with van der Waals surface area (Å²) >= 11 is 1.52. The Kier molecular flexibility index (Phi) is 2.41. The van der Waals surface area contributed by atoms with Gasteiger partial charge in [0.2, 0.25) is 5.82 Å². The molecule has 0 amide bonds. The van der Waals surface area contributed by atoms with Gasteiger partial charge in [-0.15, -0.1) is 11.3 Å². The number of H-pyrrole nitrogens is 2. The molecule has 0 aliphatic rings. The van der Waals surface area contributed by atoms with E-state index in [1.165, 1.54) is 17.7 Å². The Morgan fingerprint density at radius 1 is 1.44 bits per heavy atom. The molecule has 3 heterocycles. The molecule has 18 heavy (non-hydrogen) atoms. The van der Waals surface area contributed by atoms with Gasteiger partial charge in [-0.2, -0.15) is 5.10 Å². The quantitative estimate of drug-likeness (QED) is 0.664. The maximum atomic E-state index is 11.0. The van der Waals surface area contributed by atoms with Gasteiger partial charge in [-0.25, -0.2) is 14.8 Å². The number of aromatic amines is 2. The van der Waals surface area contributed by atoms with Crippen LogP contribution in [0.5, 0.6) is 0 Å². The molecule has 0 spiro atoms. The summed E-state index contributed by atoms with van der Waals surface area (Å²) in [5.41, 5.74) is 0.202. The summed E-state index contributed by atoms with van der Waals surface area (Å²) in [6.45, 7) is 0. The second kappa shape index (κ2) is 4.08. The highest BCUT2D eigenvalue weighted by molar-refractivity contribution is 7.13. The Bertz CT molecular complexity index is 685. The van der Waals surface area contributed by atoms with E-state index >= 15 is 0 Å². The predicted octanol–water partition coefficient (Wildman–Crippen LogP) is 1.62. The molecule has 8 heteroatoms. The normalized spacial score (nSPS) is 10.7. The number of carboxylic acids is 1. The fourth-order valence-corrected chi connectivity index (χ4v) is 2.18. The molecule has 7 nitrogen and oxygen atoms in total. The summed E-state index contributed by atoms with van der Waals surface area (Å²) in [4.78, 5) is 22.6. The van der Waals surface area contributed by atoms with E-state index in [0.717, 1.165) is 4.88 Å². The van der Waals surface area contributed by atoms with Crippen LogP contribution in [0.4, 0.5) is 0 Å². The molecule has 3 aromatic rings. The highest BCUT2D eigenvalue weighted by atomic mass is 32.1. The predicted molar refractivity (Wildman–Crippen MR) is 64.2 cm³/mol. The van der Waals surface area contributed by atoms with Crippen LogP contribution in [0.3, 0.4) is 0 Å². The van der Waals surface area contributed by atoms with Gasteiger partial charge in [0.1, 0.15) is 5.69 Å². The minimum atomic E-state index is -1.09. The Hall–Kier alpha value is -2.48. The molecular formula is C10H7N5O2S. The third-order valence-corrected chi connectivity index (χ3v) is 3.18. The minimum Gasteiger partial charge on any atom is -0.477 e. The number of thiophene rings is 1. The molecule has 0 atom stereocenters. The number of hydrogen-bond acceptors (Lipinski definition) is 5. The van der Waals surface area contributed by atoms with Crippen LogP contribution in [0.1, 0.15) is 10.5 Å². The molecule has 3 aromatic heterocycles. The first-order valence-corrected chi connectivity index (χ1v) is 5.87. The van der Waals surface area contributed by atoms with Gasteiger partial charge in [0.25, 0.3) is 0 Å². The zero-order valence-electron chi connectivity index (χ0n) is 8.91. The van der Waals surface area contributed by atoms with Crippen LogP contribution in [0.25, 0.3) is 22.2 Å². The van der Waals surface area contributed by atoms with Gasteiger partial charge in [0.15, 0.2) is 11.5 Å². The maximum Gasteiger partial charge on any atom is 0.354 e. The number of nitrogens with zero attached hydrogens (tertiary/aromatic N) is 3. The molecule has 3 N–H and O–H groups in total. The standard InChI is InChI=1S/C10H7N5O2S/c16-10(17)7-6(11-4-12-7)9-13-8(14-15-9)5-2-1-3-18-5/h1-4H,(H,11,12)(H,16,17)(H,13,14,15). The average Bonchev–Trinajstić information content (AvgIpc) is 3.10. The van der Waals surface area contributed by atoms with E-state index < -0.39 is 5.97 Å². The SMILES string of the molecule is O=C(O)c1[nH]cnc1-c1n[nH]c(-c2cccs2)n1. The molecule has 0 radical (unpaired) electrons. The summed E-state index contributed by atoms with van der Waals surface area (Å²) in [6, 6.07) is 3.80. The zero-order chi connectivity index (χ0) is 12.5. The largest absolute Gasteiger partial charge is 0.477 e. The van der Waals surface area contributed by atoms with Crippen molar-refractivity contribution in [3.8, 4) is 22.2 Å². The van der Waals surface area contributed by atoms with Gasteiger partial charge in [0.05, 0.1) is 11.2 Å². The van der Waals surface area contributed by atoms with Gasteiger partial charge in [0, 0.05) is 0 Å². The molecule has 0 bridgehead atoms. The summed E-state index contributed by atoms with van der Waals surface area (Å²) in [6.07, 6.45) is 1.31. The first kappa shape index (κ1) is 10.7. The van der Waals surface area contributed by atoms with Crippen LogP contribution < -0.4 is 0 Å². The second-order valence-electron chi connectivity index (χ2n) is 3.42. The van der Waals surface area contributed by atoms with Crippen molar-refractivity contribution in [3.63, 3.8) is 0 Å². The van der Waals surface area contributed by atoms with Crippen LogP contribution in [0.15, 0.2) is 23.8 Å². The topological polar surface area (TPSA) is 108 Å². The lowest BCUT2D eigenvalue weighted by Gasteiger charge is -1.91. The van der Waals surface area contributed by atoms with E-state index in [2.05, 4.69) is 25.1 Å². The molecule has 3 rings (SSSR count). The van der Waals surface area contributed by atoms with Crippen molar-refractivity contribution in [1.82, 2.24) is 25.1 Å². The van der Waals surface area contributed by atoms with Crippen molar-refractivity contribution in [1.29, 1.82) is 0 Å². The molecule has 0 saturated heterocycles. The highest BCUT2D eigenvalue weighted by Gasteiger charge is 2.18. The number of carboxylic acid groups (broad SMARTS) is 1. The van der Waals surface area contributed by atoms with Crippen LogP contribution >= 0.6 is 11.3 Å². The average molecular weight is 261 g/mol. The van der Waals surface area contributed by atoms with Crippen molar-refractivity contribution >= 4 is 17.3 Å². The van der Waals surface area contributed by atoms with Crippen LogP contribution in [-0.2, 0) is 0 Å². The first-order valence-electron chi connectivity index (χ1n) is 4.99. The lowest BCUT2D eigenvalue weighted by molar-refractivity contribution is 0.0692. The van der Waals surface area contributed by atoms with Gasteiger partial charge in [-0.1, -0.05) is 6.07 Å². The van der Waals surface area contributed by atoms with Crippen molar-refractivity contribution in [2.45, 2.75) is 0 Å². The number of carbonyl (C=O) groups is 1. The van der Waals surface area contributed by atoms with Crippen LogP contribution in [0.2, 0.25) is 0 Å². The molecular weight excluding hydrogens is 254 g/mol. The Balaban J connectivity index is 2.03. The Labute approximate surface area is 105 Å². The van der Waals surface area contributed by atoms with E-state index in [9.17, 15) is 4.79 Å². The summed E-state index contributed by atoms with van der Waals surface area (Å²) in [7, 11) is 0. The third-order valence-electron chi connectivity index (χ3n) is 2.30. The highest BCUT2D eigenvalue weighted by Crippen LogP contribution is 2.23.